The van der Waals surface area contributed by atoms with E-state index in [1.807, 2.05) is 0 Å². The van der Waals surface area contributed by atoms with E-state index in [0.717, 1.165) is 11.3 Å². The van der Waals surface area contributed by atoms with Gasteiger partial charge in [0.2, 0.25) is 5.95 Å². The molecule has 1 saturated carbocycles. The average molecular weight is 361 g/mol. The van der Waals surface area contributed by atoms with Crippen LogP contribution in [0.2, 0.25) is 0 Å². The molecule has 2 aromatic rings. The van der Waals surface area contributed by atoms with Crippen LogP contribution in [0.3, 0.4) is 0 Å². The van der Waals surface area contributed by atoms with Gasteiger partial charge in [0.1, 0.15) is 0 Å². The molecule has 134 valence electrons. The van der Waals surface area contributed by atoms with Gasteiger partial charge in [-0.05, 0) is 50.2 Å². The van der Waals surface area contributed by atoms with Crippen LogP contribution in [0.4, 0.5) is 4.39 Å². The van der Waals surface area contributed by atoms with E-state index in [2.05, 4.69) is 42.2 Å². The van der Waals surface area contributed by atoms with Crippen molar-refractivity contribution in [1.29, 1.82) is 0 Å². The van der Waals surface area contributed by atoms with Crippen LogP contribution in [0.25, 0.3) is 0 Å². The van der Waals surface area contributed by atoms with Crippen molar-refractivity contribution in [3.63, 3.8) is 0 Å². The molecule has 1 aliphatic rings. The highest BCUT2D eigenvalue weighted by Crippen LogP contribution is 2.33. The summed E-state index contributed by atoms with van der Waals surface area (Å²) in [6, 6.07) is 2.66. The van der Waals surface area contributed by atoms with Crippen molar-refractivity contribution in [3.8, 4) is 0 Å². The monoisotopic (exact) mass is 361 g/mol. The average Bonchev–Trinajstić information content (AvgIpc) is 3.25. The van der Waals surface area contributed by atoms with Crippen LogP contribution in [-0.2, 0) is 12.0 Å². The molecule has 1 aliphatic carbocycles. The van der Waals surface area contributed by atoms with Crippen molar-refractivity contribution in [1.82, 2.24) is 9.55 Å². The third-order valence-electron chi connectivity index (χ3n) is 4.46. The predicted octanol–water partition coefficient (Wildman–Crippen LogP) is 4.15. The molecule has 0 unspecified atom stereocenters. The molecule has 2 heterocycles. The summed E-state index contributed by atoms with van der Waals surface area (Å²) >= 11 is 1.58. The number of hydrogen-bond donors (Lipinski definition) is 0. The quantitative estimate of drug-likeness (QED) is 0.771. The van der Waals surface area contributed by atoms with Crippen LogP contribution in [0, 0.1) is 25.7 Å². The Morgan fingerprint density at radius 1 is 1.36 bits per heavy atom. The number of rotatable bonds is 3. The maximum absolute atomic E-state index is 13.2. The van der Waals surface area contributed by atoms with E-state index in [1.54, 1.807) is 18.3 Å². The van der Waals surface area contributed by atoms with Crippen molar-refractivity contribution in [2.24, 2.45) is 10.9 Å². The topological polar surface area (TPSA) is 47.2 Å². The standard InChI is InChI=1S/C19H24FN3OS/c1-11-14(8-9-15(20)21-11)17(24)22-18-23(10-13-6-7-13)12(2)16(25-18)19(3,4)5/h8-9,13H,6-7,10H2,1-5H3. The van der Waals surface area contributed by atoms with Gasteiger partial charge in [-0.25, -0.2) is 4.98 Å². The Bertz CT molecular complexity index is 885. The molecule has 3 rings (SSSR count). The number of pyridine rings is 1. The van der Waals surface area contributed by atoms with Crippen LogP contribution in [-0.4, -0.2) is 15.5 Å². The van der Waals surface area contributed by atoms with E-state index in [4.69, 9.17) is 0 Å². The predicted molar refractivity (Wildman–Crippen MR) is 97.3 cm³/mol. The number of nitrogens with zero attached hydrogens (tertiary/aromatic N) is 3. The van der Waals surface area contributed by atoms with E-state index in [1.165, 1.54) is 35.5 Å². The van der Waals surface area contributed by atoms with Crippen LogP contribution < -0.4 is 4.80 Å². The van der Waals surface area contributed by atoms with Crippen LogP contribution in [0.1, 0.15) is 60.2 Å². The fourth-order valence-electron chi connectivity index (χ4n) is 2.94. The van der Waals surface area contributed by atoms with Gasteiger partial charge in [-0.1, -0.05) is 20.8 Å². The third kappa shape index (κ3) is 3.89. The SMILES string of the molecule is Cc1nc(F)ccc1C(=O)N=c1sc(C(C)(C)C)c(C)n1CC1CC1. The van der Waals surface area contributed by atoms with Crippen molar-refractivity contribution in [3.05, 3.63) is 44.7 Å². The number of thiazole rings is 1. The molecule has 0 radical (unpaired) electrons. The molecule has 0 aromatic carbocycles. The second-order valence-corrected chi connectivity index (χ2v) is 8.76. The first-order valence-corrected chi connectivity index (χ1v) is 9.41. The van der Waals surface area contributed by atoms with E-state index in [0.29, 0.717) is 17.2 Å². The minimum absolute atomic E-state index is 0.00418. The number of amides is 1. The first-order valence-electron chi connectivity index (χ1n) is 8.59. The zero-order valence-electron chi connectivity index (χ0n) is 15.4. The Labute approximate surface area is 151 Å². The smallest absolute Gasteiger partial charge is 0.281 e. The minimum atomic E-state index is -0.583. The number of halogens is 1. The highest BCUT2D eigenvalue weighted by atomic mass is 32.1. The minimum Gasteiger partial charge on any atom is -0.320 e. The molecule has 1 fully saturated rings. The summed E-state index contributed by atoms with van der Waals surface area (Å²) in [5.74, 6) is -0.263. The summed E-state index contributed by atoms with van der Waals surface area (Å²) in [4.78, 5) is 22.7. The first kappa shape index (κ1) is 18.0. The Morgan fingerprint density at radius 3 is 2.60 bits per heavy atom. The van der Waals surface area contributed by atoms with Crippen molar-refractivity contribution >= 4 is 17.2 Å². The van der Waals surface area contributed by atoms with Gasteiger partial charge in [0, 0.05) is 17.1 Å². The molecule has 0 aliphatic heterocycles. The number of carbonyl (C=O) groups excluding carboxylic acids is 1. The van der Waals surface area contributed by atoms with Gasteiger partial charge in [0.15, 0.2) is 4.80 Å². The molecule has 0 atom stereocenters. The summed E-state index contributed by atoms with van der Waals surface area (Å²) in [7, 11) is 0. The maximum atomic E-state index is 13.2. The zero-order valence-corrected chi connectivity index (χ0v) is 16.2. The Balaban J connectivity index is 2.07. The van der Waals surface area contributed by atoms with E-state index in [-0.39, 0.29) is 11.3 Å². The molecule has 0 saturated heterocycles. The number of carbonyl (C=O) groups is 1. The lowest BCUT2D eigenvalue weighted by Gasteiger charge is -2.17. The lowest BCUT2D eigenvalue weighted by molar-refractivity contribution is 0.0996. The highest BCUT2D eigenvalue weighted by Gasteiger charge is 2.27. The molecule has 0 bridgehead atoms. The zero-order chi connectivity index (χ0) is 18.4. The summed E-state index contributed by atoms with van der Waals surface area (Å²) in [6.07, 6.45) is 2.48. The third-order valence-corrected chi connectivity index (χ3v) is 6.06. The van der Waals surface area contributed by atoms with Gasteiger partial charge in [-0.15, -0.1) is 11.3 Å². The maximum Gasteiger partial charge on any atom is 0.281 e. The number of aromatic nitrogens is 2. The fraction of sp³-hybridized carbons (Fsp3) is 0.526. The largest absolute Gasteiger partial charge is 0.320 e. The summed E-state index contributed by atoms with van der Waals surface area (Å²) in [5, 5.41) is 0. The fourth-order valence-corrected chi connectivity index (χ4v) is 4.14. The van der Waals surface area contributed by atoms with Crippen molar-refractivity contribution in [2.45, 2.75) is 59.4 Å². The lowest BCUT2D eigenvalue weighted by Crippen LogP contribution is -2.20. The molecule has 6 heteroatoms. The molecular formula is C19H24FN3OS. The van der Waals surface area contributed by atoms with E-state index < -0.39 is 5.95 Å². The molecule has 0 N–H and O–H groups in total. The van der Waals surface area contributed by atoms with Gasteiger partial charge in [-0.3, -0.25) is 4.79 Å². The van der Waals surface area contributed by atoms with Gasteiger partial charge < -0.3 is 4.57 Å². The van der Waals surface area contributed by atoms with Crippen LogP contribution in [0.5, 0.6) is 0 Å². The molecule has 4 nitrogen and oxygen atoms in total. The molecule has 0 spiro atoms. The Hall–Kier alpha value is -1.82. The lowest BCUT2D eigenvalue weighted by atomic mass is 9.93. The normalized spacial score (nSPS) is 15.7. The summed E-state index contributed by atoms with van der Waals surface area (Å²) in [5.41, 5.74) is 1.91. The molecule has 25 heavy (non-hydrogen) atoms. The second-order valence-electron chi connectivity index (χ2n) is 7.79. The molecule has 1 amide bonds. The molecule has 2 aromatic heterocycles. The Morgan fingerprint density at radius 2 is 2.04 bits per heavy atom. The van der Waals surface area contributed by atoms with Gasteiger partial charge in [0.25, 0.3) is 5.91 Å². The van der Waals surface area contributed by atoms with E-state index in [9.17, 15) is 9.18 Å². The first-order chi connectivity index (χ1) is 11.7. The van der Waals surface area contributed by atoms with Crippen LogP contribution in [0.15, 0.2) is 17.1 Å². The summed E-state index contributed by atoms with van der Waals surface area (Å²) in [6.45, 7) is 11.2. The second kappa shape index (κ2) is 6.48. The number of hydrogen-bond acceptors (Lipinski definition) is 3. The van der Waals surface area contributed by atoms with E-state index >= 15 is 0 Å². The van der Waals surface area contributed by atoms with Gasteiger partial charge in [-0.2, -0.15) is 9.38 Å². The van der Waals surface area contributed by atoms with Crippen LogP contribution >= 0.6 is 11.3 Å². The van der Waals surface area contributed by atoms with Crippen molar-refractivity contribution in [2.75, 3.05) is 0 Å². The highest BCUT2D eigenvalue weighted by molar-refractivity contribution is 7.09. The molecular weight excluding hydrogens is 337 g/mol. The van der Waals surface area contributed by atoms with Gasteiger partial charge in [0.05, 0.1) is 11.3 Å². The van der Waals surface area contributed by atoms with Crippen molar-refractivity contribution < 1.29 is 9.18 Å². The summed E-state index contributed by atoms with van der Waals surface area (Å²) < 4.78 is 15.4. The van der Waals surface area contributed by atoms with Gasteiger partial charge >= 0.3 is 0 Å². The Kier molecular flexibility index (Phi) is 4.66. The number of aryl methyl sites for hydroxylation is 1.